The molecule has 4 nitrogen and oxygen atoms in total. The highest BCUT2D eigenvalue weighted by Crippen LogP contribution is 2.30. The largest absolute Gasteiger partial charge is 0.357 e. The maximum atomic E-state index is 6.01. The minimum Gasteiger partial charge on any atom is -0.357 e. The first-order chi connectivity index (χ1) is 9.52. The second-order valence-electron chi connectivity index (χ2n) is 6.41. The SMILES string of the molecule is CCCC1CCN(c2c(CC(C)N)c(C)nn2C)CC1. The number of nitrogens with zero attached hydrogens (tertiary/aromatic N) is 3. The molecule has 0 amide bonds. The molecule has 0 spiro atoms. The quantitative estimate of drug-likeness (QED) is 0.900. The fraction of sp³-hybridized carbons (Fsp3) is 0.812. The van der Waals surface area contributed by atoms with Gasteiger partial charge in [0, 0.05) is 31.7 Å². The number of aromatic nitrogens is 2. The van der Waals surface area contributed by atoms with E-state index in [4.69, 9.17) is 5.73 Å². The van der Waals surface area contributed by atoms with Gasteiger partial charge >= 0.3 is 0 Å². The average Bonchev–Trinajstić information content (AvgIpc) is 2.65. The van der Waals surface area contributed by atoms with Crippen LogP contribution in [0.3, 0.4) is 0 Å². The molecule has 1 aliphatic rings. The van der Waals surface area contributed by atoms with E-state index >= 15 is 0 Å². The number of aryl methyl sites for hydroxylation is 2. The molecule has 0 saturated carbocycles. The van der Waals surface area contributed by atoms with Gasteiger partial charge in [0.15, 0.2) is 0 Å². The summed E-state index contributed by atoms with van der Waals surface area (Å²) < 4.78 is 2.05. The second-order valence-corrected chi connectivity index (χ2v) is 6.41. The summed E-state index contributed by atoms with van der Waals surface area (Å²) in [4.78, 5) is 2.52. The standard InChI is InChI=1S/C16H30N4/c1-5-6-14-7-9-20(10-8-14)16-15(11-12(2)17)13(3)18-19(16)4/h12,14H,5-11,17H2,1-4H3. The molecule has 2 heterocycles. The number of rotatable bonds is 5. The van der Waals surface area contributed by atoms with Gasteiger partial charge in [-0.3, -0.25) is 4.68 Å². The van der Waals surface area contributed by atoms with Gasteiger partial charge in [0.1, 0.15) is 5.82 Å². The topological polar surface area (TPSA) is 47.1 Å². The number of hydrogen-bond donors (Lipinski definition) is 1. The normalized spacial score (nSPS) is 18.6. The maximum Gasteiger partial charge on any atom is 0.130 e. The lowest BCUT2D eigenvalue weighted by atomic mass is 9.92. The maximum absolute atomic E-state index is 6.01. The summed E-state index contributed by atoms with van der Waals surface area (Å²) in [6.07, 6.45) is 6.24. The Kier molecular flexibility index (Phi) is 5.08. The van der Waals surface area contributed by atoms with Crippen molar-refractivity contribution < 1.29 is 0 Å². The number of anilines is 1. The van der Waals surface area contributed by atoms with Gasteiger partial charge in [-0.25, -0.2) is 0 Å². The summed E-state index contributed by atoms with van der Waals surface area (Å²) >= 11 is 0. The monoisotopic (exact) mass is 278 g/mol. The van der Waals surface area contributed by atoms with Crippen molar-refractivity contribution >= 4 is 5.82 Å². The summed E-state index contributed by atoms with van der Waals surface area (Å²) in [6.45, 7) is 8.79. The molecule has 20 heavy (non-hydrogen) atoms. The highest BCUT2D eigenvalue weighted by atomic mass is 15.4. The third-order valence-corrected chi connectivity index (χ3v) is 4.45. The lowest BCUT2D eigenvalue weighted by Gasteiger charge is -2.34. The van der Waals surface area contributed by atoms with Crippen LogP contribution in [0.5, 0.6) is 0 Å². The Morgan fingerprint density at radius 2 is 2.00 bits per heavy atom. The zero-order chi connectivity index (χ0) is 14.7. The molecule has 1 saturated heterocycles. The zero-order valence-electron chi connectivity index (χ0n) is 13.5. The van der Waals surface area contributed by atoms with E-state index in [0.717, 1.165) is 31.1 Å². The fourth-order valence-corrected chi connectivity index (χ4v) is 3.49. The molecule has 0 radical (unpaired) electrons. The van der Waals surface area contributed by atoms with E-state index in [1.807, 2.05) is 4.68 Å². The van der Waals surface area contributed by atoms with Crippen LogP contribution in [-0.2, 0) is 13.5 Å². The number of hydrogen-bond acceptors (Lipinski definition) is 3. The lowest BCUT2D eigenvalue weighted by Crippen LogP contribution is -2.36. The Balaban J connectivity index is 2.13. The van der Waals surface area contributed by atoms with Crippen LogP contribution in [0.1, 0.15) is 50.8 Å². The van der Waals surface area contributed by atoms with Gasteiger partial charge in [0.25, 0.3) is 0 Å². The van der Waals surface area contributed by atoms with Crippen LogP contribution in [0, 0.1) is 12.8 Å². The zero-order valence-corrected chi connectivity index (χ0v) is 13.5. The summed E-state index contributed by atoms with van der Waals surface area (Å²) in [7, 11) is 2.06. The van der Waals surface area contributed by atoms with E-state index in [0.29, 0.717) is 0 Å². The second kappa shape index (κ2) is 6.61. The van der Waals surface area contributed by atoms with Crippen LogP contribution in [0.2, 0.25) is 0 Å². The summed E-state index contributed by atoms with van der Waals surface area (Å²) in [6, 6.07) is 0.189. The van der Waals surface area contributed by atoms with Crippen molar-refractivity contribution in [2.24, 2.45) is 18.7 Å². The van der Waals surface area contributed by atoms with Gasteiger partial charge in [-0.15, -0.1) is 0 Å². The Morgan fingerprint density at radius 3 is 2.55 bits per heavy atom. The van der Waals surface area contributed by atoms with Crippen molar-refractivity contribution in [3.8, 4) is 0 Å². The Bertz CT molecular complexity index is 428. The van der Waals surface area contributed by atoms with E-state index < -0.39 is 0 Å². The fourth-order valence-electron chi connectivity index (χ4n) is 3.49. The molecule has 0 aromatic carbocycles. The van der Waals surface area contributed by atoms with Crippen molar-refractivity contribution in [3.05, 3.63) is 11.3 Å². The molecular weight excluding hydrogens is 248 g/mol. The average molecular weight is 278 g/mol. The van der Waals surface area contributed by atoms with Gasteiger partial charge in [-0.2, -0.15) is 5.10 Å². The van der Waals surface area contributed by atoms with E-state index in [1.54, 1.807) is 0 Å². The first kappa shape index (κ1) is 15.4. The van der Waals surface area contributed by atoms with E-state index in [9.17, 15) is 0 Å². The van der Waals surface area contributed by atoms with E-state index in [1.165, 1.54) is 37.1 Å². The van der Waals surface area contributed by atoms with Crippen LogP contribution in [-0.4, -0.2) is 28.9 Å². The van der Waals surface area contributed by atoms with Crippen LogP contribution >= 0.6 is 0 Å². The third-order valence-electron chi connectivity index (χ3n) is 4.45. The Hall–Kier alpha value is -1.03. The van der Waals surface area contributed by atoms with Crippen molar-refractivity contribution in [3.63, 3.8) is 0 Å². The number of nitrogens with two attached hydrogens (primary N) is 1. The number of piperidine rings is 1. The molecule has 0 aliphatic carbocycles. The first-order valence-corrected chi connectivity index (χ1v) is 8.05. The van der Waals surface area contributed by atoms with Gasteiger partial charge in [-0.05, 0) is 39.0 Å². The predicted octanol–water partition coefficient (Wildman–Crippen LogP) is 2.63. The molecule has 4 heteroatoms. The molecule has 1 atom stereocenters. The predicted molar refractivity (Wildman–Crippen MR) is 85.1 cm³/mol. The van der Waals surface area contributed by atoms with E-state index in [2.05, 4.69) is 37.8 Å². The molecule has 1 fully saturated rings. The molecule has 0 bridgehead atoms. The molecule has 2 N–H and O–H groups in total. The Morgan fingerprint density at radius 1 is 1.35 bits per heavy atom. The van der Waals surface area contributed by atoms with Crippen molar-refractivity contribution in [1.29, 1.82) is 0 Å². The Labute approximate surface area is 123 Å². The summed E-state index contributed by atoms with van der Waals surface area (Å²) in [5.41, 5.74) is 8.49. The smallest absolute Gasteiger partial charge is 0.130 e. The molecule has 1 aromatic rings. The first-order valence-electron chi connectivity index (χ1n) is 8.05. The molecule has 1 aromatic heterocycles. The van der Waals surface area contributed by atoms with Crippen LogP contribution in [0.4, 0.5) is 5.82 Å². The van der Waals surface area contributed by atoms with Crippen LogP contribution < -0.4 is 10.6 Å². The molecule has 1 aliphatic heterocycles. The van der Waals surface area contributed by atoms with Gasteiger partial charge < -0.3 is 10.6 Å². The van der Waals surface area contributed by atoms with Crippen molar-refractivity contribution in [1.82, 2.24) is 9.78 Å². The minimum absolute atomic E-state index is 0.189. The molecule has 2 rings (SSSR count). The van der Waals surface area contributed by atoms with Gasteiger partial charge in [-0.1, -0.05) is 19.8 Å². The molecule has 1 unspecified atom stereocenters. The van der Waals surface area contributed by atoms with Crippen LogP contribution in [0.25, 0.3) is 0 Å². The summed E-state index contributed by atoms with van der Waals surface area (Å²) in [5, 5.41) is 4.61. The summed E-state index contributed by atoms with van der Waals surface area (Å²) in [5.74, 6) is 2.22. The van der Waals surface area contributed by atoms with Gasteiger partial charge in [0.05, 0.1) is 5.69 Å². The highest BCUT2D eigenvalue weighted by molar-refractivity contribution is 5.51. The molecular formula is C16H30N4. The van der Waals surface area contributed by atoms with Crippen molar-refractivity contribution in [2.45, 2.75) is 58.9 Å². The lowest BCUT2D eigenvalue weighted by molar-refractivity contribution is 0.375. The van der Waals surface area contributed by atoms with Crippen molar-refractivity contribution in [2.75, 3.05) is 18.0 Å². The third kappa shape index (κ3) is 3.35. The van der Waals surface area contributed by atoms with Crippen LogP contribution in [0.15, 0.2) is 0 Å². The van der Waals surface area contributed by atoms with Gasteiger partial charge in [0.2, 0.25) is 0 Å². The highest BCUT2D eigenvalue weighted by Gasteiger charge is 2.24. The molecule has 114 valence electrons. The van der Waals surface area contributed by atoms with E-state index in [-0.39, 0.29) is 6.04 Å². The minimum atomic E-state index is 0.189.